The van der Waals surface area contributed by atoms with E-state index >= 15 is 0 Å². The quantitative estimate of drug-likeness (QED) is 0.641. The highest BCUT2D eigenvalue weighted by Crippen LogP contribution is 2.18. The van der Waals surface area contributed by atoms with E-state index in [-0.39, 0.29) is 0 Å². The molecule has 0 saturated heterocycles. The molecule has 0 heterocycles. The summed E-state index contributed by atoms with van der Waals surface area (Å²) < 4.78 is 0. The number of rotatable bonds is 7. The van der Waals surface area contributed by atoms with Crippen molar-refractivity contribution in [3.63, 3.8) is 0 Å². The molecule has 0 amide bonds. The molecular formula is C12H27N. The highest BCUT2D eigenvalue weighted by Gasteiger charge is 2.11. The van der Waals surface area contributed by atoms with E-state index in [1.807, 2.05) is 0 Å². The van der Waals surface area contributed by atoms with E-state index in [0.717, 1.165) is 17.8 Å². The first-order valence-corrected chi connectivity index (χ1v) is 5.72. The van der Waals surface area contributed by atoms with Crippen molar-refractivity contribution >= 4 is 0 Å². The van der Waals surface area contributed by atoms with Gasteiger partial charge in [0.1, 0.15) is 0 Å². The second-order valence-electron chi connectivity index (χ2n) is 4.89. The lowest BCUT2D eigenvalue weighted by Crippen LogP contribution is -2.23. The van der Waals surface area contributed by atoms with Crippen molar-refractivity contribution in [2.45, 2.75) is 47.0 Å². The fourth-order valence-electron chi connectivity index (χ4n) is 1.72. The maximum atomic E-state index is 3.29. The highest BCUT2D eigenvalue weighted by atomic mass is 14.8. The molecule has 1 nitrogen and oxygen atoms in total. The second kappa shape index (κ2) is 7.37. The molecule has 0 aromatic carbocycles. The monoisotopic (exact) mass is 185 g/mol. The molecule has 0 aromatic heterocycles. The van der Waals surface area contributed by atoms with E-state index < -0.39 is 0 Å². The van der Waals surface area contributed by atoms with Crippen LogP contribution >= 0.6 is 0 Å². The van der Waals surface area contributed by atoms with E-state index in [2.05, 4.69) is 40.1 Å². The Bertz CT molecular complexity index is 108. The summed E-state index contributed by atoms with van der Waals surface area (Å²) in [6.07, 6.45) is 4.16. The Balaban J connectivity index is 3.57. The lowest BCUT2D eigenvalue weighted by molar-refractivity contribution is 0.330. The summed E-state index contributed by atoms with van der Waals surface area (Å²) in [6.45, 7) is 10.5. The van der Waals surface area contributed by atoms with Crippen molar-refractivity contribution in [1.82, 2.24) is 5.32 Å². The molecular weight excluding hydrogens is 158 g/mol. The Morgan fingerprint density at radius 2 is 1.62 bits per heavy atom. The Labute approximate surface area is 84.3 Å². The zero-order valence-corrected chi connectivity index (χ0v) is 10.1. The van der Waals surface area contributed by atoms with Crippen molar-refractivity contribution < 1.29 is 0 Å². The molecule has 80 valence electrons. The lowest BCUT2D eigenvalue weighted by Gasteiger charge is -2.20. The van der Waals surface area contributed by atoms with Crippen LogP contribution in [0.25, 0.3) is 0 Å². The minimum absolute atomic E-state index is 0.819. The maximum absolute atomic E-state index is 3.29. The first kappa shape index (κ1) is 13.0. The van der Waals surface area contributed by atoms with Crippen LogP contribution in [0.3, 0.4) is 0 Å². The third kappa shape index (κ3) is 7.06. The summed E-state index contributed by atoms with van der Waals surface area (Å²) in [4.78, 5) is 0. The molecule has 1 heteroatoms. The molecule has 0 rings (SSSR count). The SMILES string of the molecule is CNCC(CCCC(C)C)C(C)C. The van der Waals surface area contributed by atoms with Gasteiger partial charge < -0.3 is 5.32 Å². The van der Waals surface area contributed by atoms with Crippen molar-refractivity contribution in [2.75, 3.05) is 13.6 Å². The van der Waals surface area contributed by atoms with E-state index in [0.29, 0.717) is 0 Å². The number of nitrogens with one attached hydrogen (secondary N) is 1. The number of hydrogen-bond donors (Lipinski definition) is 1. The van der Waals surface area contributed by atoms with Crippen LogP contribution < -0.4 is 5.32 Å². The van der Waals surface area contributed by atoms with Crippen LogP contribution in [0.4, 0.5) is 0 Å². The Kier molecular flexibility index (Phi) is 7.35. The van der Waals surface area contributed by atoms with Gasteiger partial charge in [-0.15, -0.1) is 0 Å². The zero-order chi connectivity index (χ0) is 10.3. The van der Waals surface area contributed by atoms with Gasteiger partial charge >= 0.3 is 0 Å². The van der Waals surface area contributed by atoms with Crippen LogP contribution in [0.15, 0.2) is 0 Å². The van der Waals surface area contributed by atoms with Gasteiger partial charge in [0.15, 0.2) is 0 Å². The van der Waals surface area contributed by atoms with Crippen LogP contribution in [-0.2, 0) is 0 Å². The van der Waals surface area contributed by atoms with Gasteiger partial charge in [0.05, 0.1) is 0 Å². The fourth-order valence-corrected chi connectivity index (χ4v) is 1.72. The fraction of sp³-hybridized carbons (Fsp3) is 1.00. The molecule has 0 aliphatic rings. The molecule has 13 heavy (non-hydrogen) atoms. The lowest BCUT2D eigenvalue weighted by atomic mass is 9.89. The Hall–Kier alpha value is -0.0400. The zero-order valence-electron chi connectivity index (χ0n) is 10.1. The average molecular weight is 185 g/mol. The van der Waals surface area contributed by atoms with E-state index in [4.69, 9.17) is 0 Å². The summed E-state index contributed by atoms with van der Waals surface area (Å²) in [5, 5.41) is 3.29. The van der Waals surface area contributed by atoms with Gasteiger partial charge in [-0.05, 0) is 37.8 Å². The van der Waals surface area contributed by atoms with Crippen LogP contribution in [-0.4, -0.2) is 13.6 Å². The predicted molar refractivity (Wildman–Crippen MR) is 60.9 cm³/mol. The molecule has 1 unspecified atom stereocenters. The van der Waals surface area contributed by atoms with Gasteiger partial charge in [-0.3, -0.25) is 0 Å². The third-order valence-corrected chi connectivity index (χ3v) is 2.77. The third-order valence-electron chi connectivity index (χ3n) is 2.77. The van der Waals surface area contributed by atoms with Crippen LogP contribution in [0.5, 0.6) is 0 Å². The van der Waals surface area contributed by atoms with Gasteiger partial charge in [-0.25, -0.2) is 0 Å². The summed E-state index contributed by atoms with van der Waals surface area (Å²) in [5.41, 5.74) is 0. The predicted octanol–water partition coefficient (Wildman–Crippen LogP) is 3.30. The second-order valence-corrected chi connectivity index (χ2v) is 4.89. The smallest absolute Gasteiger partial charge is 0.00211 e. The molecule has 0 radical (unpaired) electrons. The largest absolute Gasteiger partial charge is 0.319 e. The first-order chi connectivity index (χ1) is 6.07. The van der Waals surface area contributed by atoms with Gasteiger partial charge in [-0.2, -0.15) is 0 Å². The van der Waals surface area contributed by atoms with Gasteiger partial charge in [-0.1, -0.05) is 40.5 Å². The summed E-state index contributed by atoms with van der Waals surface area (Å²) in [5.74, 6) is 2.55. The molecule has 0 bridgehead atoms. The Morgan fingerprint density at radius 1 is 1.00 bits per heavy atom. The summed E-state index contributed by atoms with van der Waals surface area (Å²) >= 11 is 0. The highest BCUT2D eigenvalue weighted by molar-refractivity contribution is 4.65. The molecule has 0 aliphatic carbocycles. The molecule has 0 aliphatic heterocycles. The summed E-state index contributed by atoms with van der Waals surface area (Å²) in [6, 6.07) is 0. The van der Waals surface area contributed by atoms with E-state index in [1.165, 1.54) is 25.8 Å². The standard InChI is InChI=1S/C12H27N/c1-10(2)7-6-8-12(9-13-5)11(3)4/h10-13H,6-9H2,1-5H3. The van der Waals surface area contributed by atoms with E-state index in [1.54, 1.807) is 0 Å². The minimum Gasteiger partial charge on any atom is -0.319 e. The molecule has 1 N–H and O–H groups in total. The molecule has 1 atom stereocenters. The maximum Gasteiger partial charge on any atom is -0.00211 e. The summed E-state index contributed by atoms with van der Waals surface area (Å²) in [7, 11) is 2.05. The first-order valence-electron chi connectivity index (χ1n) is 5.72. The van der Waals surface area contributed by atoms with Crippen LogP contribution in [0.2, 0.25) is 0 Å². The van der Waals surface area contributed by atoms with Gasteiger partial charge in [0.2, 0.25) is 0 Å². The van der Waals surface area contributed by atoms with Crippen molar-refractivity contribution in [1.29, 1.82) is 0 Å². The molecule has 0 aromatic rings. The number of hydrogen-bond acceptors (Lipinski definition) is 1. The van der Waals surface area contributed by atoms with Crippen molar-refractivity contribution in [3.8, 4) is 0 Å². The molecule has 0 fully saturated rings. The minimum atomic E-state index is 0.819. The van der Waals surface area contributed by atoms with Gasteiger partial charge in [0, 0.05) is 0 Å². The van der Waals surface area contributed by atoms with Gasteiger partial charge in [0.25, 0.3) is 0 Å². The topological polar surface area (TPSA) is 12.0 Å². The van der Waals surface area contributed by atoms with Crippen LogP contribution in [0.1, 0.15) is 47.0 Å². The Morgan fingerprint density at radius 3 is 2.00 bits per heavy atom. The molecule has 0 saturated carbocycles. The van der Waals surface area contributed by atoms with Crippen molar-refractivity contribution in [2.24, 2.45) is 17.8 Å². The van der Waals surface area contributed by atoms with Crippen LogP contribution in [0, 0.1) is 17.8 Å². The average Bonchev–Trinajstić information content (AvgIpc) is 2.02. The van der Waals surface area contributed by atoms with Crippen molar-refractivity contribution in [3.05, 3.63) is 0 Å². The van der Waals surface area contributed by atoms with E-state index in [9.17, 15) is 0 Å². The molecule has 0 spiro atoms. The normalized spacial score (nSPS) is 14.1.